The Hall–Kier alpha value is -0.530. The van der Waals surface area contributed by atoms with E-state index < -0.39 is 0 Å². The van der Waals surface area contributed by atoms with Crippen molar-refractivity contribution in [3.8, 4) is 0 Å². The van der Waals surface area contributed by atoms with E-state index in [1.54, 1.807) is 0 Å². The van der Waals surface area contributed by atoms with E-state index >= 15 is 0 Å². The average molecular weight is 210 g/mol. The van der Waals surface area contributed by atoms with Gasteiger partial charge in [0.1, 0.15) is 0 Å². The molecule has 2 heteroatoms. The smallest absolute Gasteiger partial charge is 0.0444 e. The van der Waals surface area contributed by atoms with Crippen LogP contribution in [0.1, 0.15) is 30.4 Å². The highest BCUT2D eigenvalue weighted by Crippen LogP contribution is 2.32. The van der Waals surface area contributed by atoms with Crippen LogP contribution in [0.5, 0.6) is 0 Å². The van der Waals surface area contributed by atoms with E-state index in [4.69, 9.17) is 11.6 Å². The SMILES string of the molecule is Cc1ccc(C2CCNC2C)c(Cl)c1. The fourth-order valence-corrected chi connectivity index (χ4v) is 2.59. The van der Waals surface area contributed by atoms with E-state index in [2.05, 4.69) is 37.4 Å². The molecule has 1 N–H and O–H groups in total. The van der Waals surface area contributed by atoms with Gasteiger partial charge in [-0.2, -0.15) is 0 Å². The van der Waals surface area contributed by atoms with Gasteiger partial charge in [-0.25, -0.2) is 0 Å². The van der Waals surface area contributed by atoms with Crippen LogP contribution in [0.15, 0.2) is 18.2 Å². The first-order valence-electron chi connectivity index (χ1n) is 5.18. The molecule has 1 aliphatic heterocycles. The lowest BCUT2D eigenvalue weighted by atomic mass is 9.92. The van der Waals surface area contributed by atoms with Gasteiger partial charge in [0.15, 0.2) is 0 Å². The zero-order valence-corrected chi connectivity index (χ0v) is 9.43. The Morgan fingerprint density at radius 3 is 2.79 bits per heavy atom. The molecule has 2 atom stereocenters. The van der Waals surface area contributed by atoms with E-state index in [-0.39, 0.29) is 0 Å². The van der Waals surface area contributed by atoms with Crippen molar-refractivity contribution in [1.82, 2.24) is 5.32 Å². The summed E-state index contributed by atoms with van der Waals surface area (Å²) < 4.78 is 0. The molecular formula is C12H16ClN. The highest BCUT2D eigenvalue weighted by molar-refractivity contribution is 6.31. The van der Waals surface area contributed by atoms with Crippen molar-refractivity contribution in [3.05, 3.63) is 34.3 Å². The molecule has 2 rings (SSSR count). The minimum Gasteiger partial charge on any atom is -0.314 e. The Kier molecular flexibility index (Phi) is 2.80. The number of hydrogen-bond acceptors (Lipinski definition) is 1. The van der Waals surface area contributed by atoms with Crippen LogP contribution in [0.25, 0.3) is 0 Å². The van der Waals surface area contributed by atoms with Crippen molar-refractivity contribution in [2.75, 3.05) is 6.54 Å². The molecule has 0 spiro atoms. The van der Waals surface area contributed by atoms with Gasteiger partial charge in [-0.05, 0) is 44.0 Å². The van der Waals surface area contributed by atoms with Gasteiger partial charge in [-0.3, -0.25) is 0 Å². The topological polar surface area (TPSA) is 12.0 Å². The molecule has 14 heavy (non-hydrogen) atoms. The summed E-state index contributed by atoms with van der Waals surface area (Å²) in [6, 6.07) is 6.93. The highest BCUT2D eigenvalue weighted by atomic mass is 35.5. The minimum absolute atomic E-state index is 0.551. The van der Waals surface area contributed by atoms with Crippen LogP contribution in [-0.4, -0.2) is 12.6 Å². The van der Waals surface area contributed by atoms with E-state index in [0.717, 1.165) is 11.6 Å². The summed E-state index contributed by atoms with van der Waals surface area (Å²) in [6.07, 6.45) is 1.20. The number of aryl methyl sites for hydroxylation is 1. The molecule has 1 heterocycles. The molecule has 0 aliphatic carbocycles. The second-order valence-electron chi connectivity index (χ2n) is 4.16. The molecule has 1 nitrogen and oxygen atoms in total. The standard InChI is InChI=1S/C12H16ClN/c1-8-3-4-11(12(13)7-8)10-5-6-14-9(10)2/h3-4,7,9-10,14H,5-6H2,1-2H3. The van der Waals surface area contributed by atoms with Crippen molar-refractivity contribution in [2.45, 2.75) is 32.2 Å². The minimum atomic E-state index is 0.551. The summed E-state index contributed by atoms with van der Waals surface area (Å²) in [6.45, 7) is 5.41. The van der Waals surface area contributed by atoms with Crippen molar-refractivity contribution in [2.24, 2.45) is 0 Å². The van der Waals surface area contributed by atoms with Gasteiger partial charge < -0.3 is 5.32 Å². The maximum absolute atomic E-state index is 6.25. The van der Waals surface area contributed by atoms with Crippen molar-refractivity contribution in [3.63, 3.8) is 0 Å². The number of rotatable bonds is 1. The van der Waals surface area contributed by atoms with Gasteiger partial charge in [0.25, 0.3) is 0 Å². The summed E-state index contributed by atoms with van der Waals surface area (Å²) in [5.74, 6) is 0.586. The third kappa shape index (κ3) is 1.79. The molecule has 1 aromatic carbocycles. The predicted octanol–water partition coefficient (Wildman–Crippen LogP) is 3.11. The largest absolute Gasteiger partial charge is 0.314 e. The quantitative estimate of drug-likeness (QED) is 0.750. The summed E-state index contributed by atoms with van der Waals surface area (Å²) >= 11 is 6.25. The van der Waals surface area contributed by atoms with Gasteiger partial charge in [-0.15, -0.1) is 0 Å². The molecule has 76 valence electrons. The Morgan fingerprint density at radius 2 is 2.21 bits per heavy atom. The third-order valence-electron chi connectivity index (χ3n) is 3.08. The lowest BCUT2D eigenvalue weighted by Gasteiger charge is -2.17. The molecule has 1 fully saturated rings. The fourth-order valence-electron chi connectivity index (χ4n) is 2.22. The van der Waals surface area contributed by atoms with Gasteiger partial charge in [0.05, 0.1) is 0 Å². The fraction of sp³-hybridized carbons (Fsp3) is 0.500. The summed E-state index contributed by atoms with van der Waals surface area (Å²) in [5, 5.41) is 4.37. The molecule has 0 radical (unpaired) electrons. The molecule has 0 bridgehead atoms. The van der Waals surface area contributed by atoms with Crippen molar-refractivity contribution in [1.29, 1.82) is 0 Å². The van der Waals surface area contributed by atoms with Crippen LogP contribution < -0.4 is 5.32 Å². The van der Waals surface area contributed by atoms with Gasteiger partial charge >= 0.3 is 0 Å². The number of hydrogen-bond donors (Lipinski definition) is 1. The number of benzene rings is 1. The second kappa shape index (κ2) is 3.92. The van der Waals surface area contributed by atoms with Gasteiger partial charge in [0, 0.05) is 17.0 Å². The first-order chi connectivity index (χ1) is 6.68. The Morgan fingerprint density at radius 1 is 1.43 bits per heavy atom. The first-order valence-corrected chi connectivity index (χ1v) is 5.55. The summed E-state index contributed by atoms with van der Waals surface area (Å²) in [5.41, 5.74) is 2.53. The normalized spacial score (nSPS) is 26.8. The van der Waals surface area contributed by atoms with Crippen LogP contribution in [-0.2, 0) is 0 Å². The lowest BCUT2D eigenvalue weighted by Crippen LogP contribution is -2.21. The molecular weight excluding hydrogens is 194 g/mol. The van der Waals surface area contributed by atoms with Crippen molar-refractivity contribution >= 4 is 11.6 Å². The summed E-state index contributed by atoms with van der Waals surface area (Å²) in [7, 11) is 0. The van der Waals surface area contributed by atoms with Crippen LogP contribution in [0.3, 0.4) is 0 Å². The van der Waals surface area contributed by atoms with Crippen molar-refractivity contribution < 1.29 is 0 Å². The molecule has 2 unspecified atom stereocenters. The lowest BCUT2D eigenvalue weighted by molar-refractivity contribution is 0.594. The maximum atomic E-state index is 6.25. The number of nitrogens with one attached hydrogen (secondary N) is 1. The van der Waals surface area contributed by atoms with E-state index in [1.807, 2.05) is 0 Å². The third-order valence-corrected chi connectivity index (χ3v) is 3.41. The van der Waals surface area contributed by atoms with Crippen LogP contribution in [0, 0.1) is 6.92 Å². The Labute approximate surface area is 90.5 Å². The first kappa shape index (κ1) is 10.0. The Bertz CT molecular complexity index is 335. The molecule has 0 amide bonds. The number of halogens is 1. The van der Waals surface area contributed by atoms with Crippen LogP contribution in [0.2, 0.25) is 5.02 Å². The molecule has 1 aliphatic rings. The average Bonchev–Trinajstić information content (AvgIpc) is 2.52. The monoisotopic (exact) mass is 209 g/mol. The zero-order chi connectivity index (χ0) is 10.1. The van der Waals surface area contributed by atoms with E-state index in [1.165, 1.54) is 17.5 Å². The van der Waals surface area contributed by atoms with E-state index in [9.17, 15) is 0 Å². The zero-order valence-electron chi connectivity index (χ0n) is 8.68. The second-order valence-corrected chi connectivity index (χ2v) is 4.57. The molecule has 0 saturated carbocycles. The van der Waals surface area contributed by atoms with Crippen LogP contribution in [0.4, 0.5) is 0 Å². The molecule has 0 aromatic heterocycles. The van der Waals surface area contributed by atoms with Crippen LogP contribution >= 0.6 is 11.6 Å². The Balaban J connectivity index is 2.31. The highest BCUT2D eigenvalue weighted by Gasteiger charge is 2.25. The predicted molar refractivity (Wildman–Crippen MR) is 61.0 cm³/mol. The molecule has 1 aromatic rings. The van der Waals surface area contributed by atoms with Gasteiger partial charge in [0.2, 0.25) is 0 Å². The summed E-state index contributed by atoms with van der Waals surface area (Å²) in [4.78, 5) is 0. The molecule has 1 saturated heterocycles. The maximum Gasteiger partial charge on any atom is 0.0444 e. The van der Waals surface area contributed by atoms with E-state index in [0.29, 0.717) is 12.0 Å². The van der Waals surface area contributed by atoms with Gasteiger partial charge in [-0.1, -0.05) is 23.7 Å².